The maximum Gasteiger partial charge on any atom is 0.253 e. The van der Waals surface area contributed by atoms with Crippen LogP contribution in [-0.4, -0.2) is 42.1 Å². The molecule has 0 fully saturated rings. The van der Waals surface area contributed by atoms with Crippen LogP contribution in [0.3, 0.4) is 0 Å². The molecule has 0 aliphatic carbocycles. The van der Waals surface area contributed by atoms with Crippen molar-refractivity contribution in [2.24, 2.45) is 5.84 Å². The zero-order valence-corrected chi connectivity index (χ0v) is 13.5. The van der Waals surface area contributed by atoms with Crippen molar-refractivity contribution in [2.45, 2.75) is 39.7 Å². The van der Waals surface area contributed by atoms with Gasteiger partial charge in [-0.3, -0.25) is 4.79 Å². The zero-order valence-electron chi connectivity index (χ0n) is 13.5. The van der Waals surface area contributed by atoms with E-state index in [1.807, 2.05) is 33.8 Å². The predicted molar refractivity (Wildman–Crippen MR) is 84.2 cm³/mol. The maximum atomic E-state index is 12.4. The number of nitrogens with one attached hydrogen (secondary N) is 1. The lowest BCUT2D eigenvalue weighted by Gasteiger charge is -2.19. The van der Waals surface area contributed by atoms with Crippen molar-refractivity contribution in [3.63, 3.8) is 0 Å². The summed E-state index contributed by atoms with van der Waals surface area (Å²) < 4.78 is 5.47. The van der Waals surface area contributed by atoms with Gasteiger partial charge in [0.25, 0.3) is 5.91 Å². The number of likely N-dealkylation sites (N-methyl/N-ethyl adjacent to an activating group) is 1. The molecule has 0 bridgehead atoms. The molecule has 0 atom stereocenters. The van der Waals surface area contributed by atoms with Crippen LogP contribution in [0, 0.1) is 0 Å². The fourth-order valence-electron chi connectivity index (χ4n) is 1.79. The van der Waals surface area contributed by atoms with Crippen molar-refractivity contribution in [1.82, 2.24) is 9.88 Å². The molecule has 0 aliphatic heterocycles. The molecule has 6 nitrogen and oxygen atoms in total. The average molecular weight is 294 g/mol. The van der Waals surface area contributed by atoms with Gasteiger partial charge in [-0.25, -0.2) is 10.8 Å². The summed E-state index contributed by atoms with van der Waals surface area (Å²) in [5, 5.41) is 0. The first-order valence-electron chi connectivity index (χ1n) is 7.20. The third kappa shape index (κ3) is 5.32. The normalized spacial score (nSPS) is 11.0. The highest BCUT2D eigenvalue weighted by Crippen LogP contribution is 2.18. The number of carbonyl (C=O) groups excluding carboxylic acids is 1. The van der Waals surface area contributed by atoms with Crippen LogP contribution in [0.1, 0.15) is 49.7 Å². The molecule has 21 heavy (non-hydrogen) atoms. The fraction of sp³-hybridized carbons (Fsp3) is 0.600. The molecule has 3 N–H and O–H groups in total. The van der Waals surface area contributed by atoms with E-state index in [-0.39, 0.29) is 17.9 Å². The van der Waals surface area contributed by atoms with Gasteiger partial charge in [-0.05, 0) is 31.9 Å². The van der Waals surface area contributed by atoms with Crippen LogP contribution in [0.15, 0.2) is 12.1 Å². The Labute approximate surface area is 126 Å². The number of hydrogen-bond donors (Lipinski definition) is 2. The lowest BCUT2D eigenvalue weighted by atomic mass is 10.1. The predicted octanol–water partition coefficient (Wildman–Crippen LogP) is 1.99. The highest BCUT2D eigenvalue weighted by molar-refractivity contribution is 5.94. The minimum atomic E-state index is -0.0665. The number of hydrogen-bond acceptors (Lipinski definition) is 5. The summed E-state index contributed by atoms with van der Waals surface area (Å²) >= 11 is 0. The molecule has 1 heterocycles. The van der Waals surface area contributed by atoms with E-state index in [9.17, 15) is 4.79 Å². The van der Waals surface area contributed by atoms with Crippen LogP contribution in [0.25, 0.3) is 0 Å². The Morgan fingerprint density at radius 1 is 1.38 bits per heavy atom. The molecule has 1 aromatic heterocycles. The molecule has 1 aromatic rings. The molecule has 0 unspecified atom stereocenters. The Morgan fingerprint density at radius 3 is 2.57 bits per heavy atom. The third-order valence-corrected chi connectivity index (χ3v) is 3.06. The van der Waals surface area contributed by atoms with Crippen molar-refractivity contribution >= 4 is 11.7 Å². The number of aromatic nitrogens is 1. The lowest BCUT2D eigenvalue weighted by Crippen LogP contribution is -2.31. The number of pyridine rings is 1. The number of carbonyl (C=O) groups is 1. The highest BCUT2D eigenvalue weighted by Gasteiger charge is 2.15. The maximum absolute atomic E-state index is 12.4. The molecule has 1 amide bonds. The lowest BCUT2D eigenvalue weighted by molar-refractivity contribution is 0.0532. The van der Waals surface area contributed by atoms with Gasteiger partial charge in [0.2, 0.25) is 0 Å². The minimum Gasteiger partial charge on any atom is -0.377 e. The van der Waals surface area contributed by atoms with Gasteiger partial charge < -0.3 is 15.1 Å². The summed E-state index contributed by atoms with van der Waals surface area (Å²) in [5.74, 6) is 6.07. The van der Waals surface area contributed by atoms with Gasteiger partial charge in [-0.1, -0.05) is 13.8 Å². The van der Waals surface area contributed by atoms with Crippen LogP contribution in [0.5, 0.6) is 0 Å². The Morgan fingerprint density at radius 2 is 2.05 bits per heavy atom. The molecule has 6 heteroatoms. The van der Waals surface area contributed by atoms with Crippen molar-refractivity contribution in [3.8, 4) is 0 Å². The second-order valence-corrected chi connectivity index (χ2v) is 5.61. The summed E-state index contributed by atoms with van der Waals surface area (Å²) in [5.41, 5.74) is 3.92. The van der Waals surface area contributed by atoms with Crippen molar-refractivity contribution in [1.29, 1.82) is 0 Å². The largest absolute Gasteiger partial charge is 0.377 e. The Bertz CT molecular complexity index is 475. The second kappa shape index (κ2) is 7.95. The molecule has 0 aromatic carbocycles. The number of rotatable bonds is 7. The minimum absolute atomic E-state index is 0.0665. The monoisotopic (exact) mass is 294 g/mol. The quantitative estimate of drug-likeness (QED) is 0.594. The smallest absolute Gasteiger partial charge is 0.253 e. The van der Waals surface area contributed by atoms with Gasteiger partial charge >= 0.3 is 0 Å². The summed E-state index contributed by atoms with van der Waals surface area (Å²) in [7, 11) is 1.76. The summed E-state index contributed by atoms with van der Waals surface area (Å²) in [4.78, 5) is 18.4. The SMILES string of the molecule is CC(C)OCCN(C)C(=O)c1cc(NN)nc(C(C)C)c1. The number of ether oxygens (including phenoxy) is 1. The van der Waals surface area contributed by atoms with Crippen molar-refractivity contribution in [2.75, 3.05) is 25.6 Å². The van der Waals surface area contributed by atoms with E-state index in [1.165, 1.54) is 0 Å². The molecular formula is C15H26N4O2. The molecule has 118 valence electrons. The van der Waals surface area contributed by atoms with E-state index in [0.29, 0.717) is 24.5 Å². The van der Waals surface area contributed by atoms with E-state index in [1.54, 1.807) is 18.0 Å². The van der Waals surface area contributed by atoms with Crippen LogP contribution in [0.4, 0.5) is 5.82 Å². The number of anilines is 1. The molecule has 0 saturated heterocycles. The molecule has 0 radical (unpaired) electrons. The van der Waals surface area contributed by atoms with Crippen molar-refractivity contribution < 1.29 is 9.53 Å². The van der Waals surface area contributed by atoms with Crippen molar-refractivity contribution in [3.05, 3.63) is 23.4 Å². The molecule has 0 aliphatic rings. The van der Waals surface area contributed by atoms with Crippen LogP contribution >= 0.6 is 0 Å². The summed E-state index contributed by atoms with van der Waals surface area (Å²) in [6.45, 7) is 9.05. The van der Waals surface area contributed by atoms with Crippen LogP contribution in [0.2, 0.25) is 0 Å². The van der Waals surface area contributed by atoms with Gasteiger partial charge in [-0.15, -0.1) is 0 Å². The van der Waals surface area contributed by atoms with Crippen LogP contribution < -0.4 is 11.3 Å². The summed E-state index contributed by atoms with van der Waals surface area (Å²) in [6.07, 6.45) is 0.162. The first-order chi connectivity index (χ1) is 9.85. The molecule has 0 saturated carbocycles. The van der Waals surface area contributed by atoms with E-state index in [2.05, 4.69) is 10.4 Å². The first-order valence-corrected chi connectivity index (χ1v) is 7.20. The Kier molecular flexibility index (Phi) is 6.58. The standard InChI is InChI=1S/C15H26N4O2/c1-10(2)13-8-12(9-14(17-13)18-16)15(20)19(5)6-7-21-11(3)4/h8-11H,6-7,16H2,1-5H3,(H,17,18). The number of amides is 1. The third-order valence-electron chi connectivity index (χ3n) is 3.06. The van der Waals surface area contributed by atoms with Gasteiger partial charge in [0, 0.05) is 24.8 Å². The highest BCUT2D eigenvalue weighted by atomic mass is 16.5. The Hall–Kier alpha value is -1.66. The number of nitrogen functional groups attached to an aromatic ring is 1. The molecule has 1 rings (SSSR count). The van der Waals surface area contributed by atoms with E-state index in [0.717, 1.165) is 5.69 Å². The van der Waals surface area contributed by atoms with Gasteiger partial charge in [-0.2, -0.15) is 0 Å². The molecule has 0 spiro atoms. The second-order valence-electron chi connectivity index (χ2n) is 5.61. The van der Waals surface area contributed by atoms with Gasteiger partial charge in [0.15, 0.2) is 0 Å². The summed E-state index contributed by atoms with van der Waals surface area (Å²) in [6, 6.07) is 3.47. The topological polar surface area (TPSA) is 80.5 Å². The first kappa shape index (κ1) is 17.4. The van der Waals surface area contributed by atoms with Gasteiger partial charge in [0.05, 0.1) is 12.7 Å². The van der Waals surface area contributed by atoms with Crippen LogP contribution in [-0.2, 0) is 4.74 Å². The van der Waals surface area contributed by atoms with E-state index < -0.39 is 0 Å². The van der Waals surface area contributed by atoms with Gasteiger partial charge in [0.1, 0.15) is 5.82 Å². The number of hydrazine groups is 1. The fourth-order valence-corrected chi connectivity index (χ4v) is 1.79. The van der Waals surface area contributed by atoms with E-state index in [4.69, 9.17) is 10.6 Å². The number of nitrogens with two attached hydrogens (primary N) is 1. The van der Waals surface area contributed by atoms with E-state index >= 15 is 0 Å². The molecular weight excluding hydrogens is 268 g/mol. The average Bonchev–Trinajstić information content (AvgIpc) is 2.45. The number of nitrogens with zero attached hydrogens (tertiary/aromatic N) is 2. The Balaban J connectivity index is 2.83. The zero-order chi connectivity index (χ0) is 16.0.